The molecule has 3 aromatic rings. The van der Waals surface area contributed by atoms with Crippen molar-refractivity contribution in [3.63, 3.8) is 0 Å². The van der Waals surface area contributed by atoms with Gasteiger partial charge < -0.3 is 14.8 Å². The van der Waals surface area contributed by atoms with Gasteiger partial charge in [-0.1, -0.05) is 38.1 Å². The second-order valence-electron chi connectivity index (χ2n) is 9.37. The lowest BCUT2D eigenvalue weighted by molar-refractivity contribution is -0.141. The highest BCUT2D eigenvalue weighted by molar-refractivity contribution is 7.85. The molecule has 2 heterocycles. The molecule has 0 bridgehead atoms. The molecule has 1 fully saturated rings. The molecule has 8 nitrogen and oxygen atoms in total. The van der Waals surface area contributed by atoms with Gasteiger partial charge in [0.1, 0.15) is 22.6 Å². The van der Waals surface area contributed by atoms with Gasteiger partial charge in [-0.05, 0) is 55.2 Å². The maximum absolute atomic E-state index is 13.0. The van der Waals surface area contributed by atoms with Gasteiger partial charge >= 0.3 is 5.97 Å². The summed E-state index contributed by atoms with van der Waals surface area (Å²) in [5, 5.41) is 12.6. The van der Waals surface area contributed by atoms with Crippen molar-refractivity contribution in [3.8, 4) is 11.3 Å². The summed E-state index contributed by atoms with van der Waals surface area (Å²) in [5.41, 5.74) is 3.68. The number of aromatic nitrogens is 1. The van der Waals surface area contributed by atoms with E-state index in [0.29, 0.717) is 47.6 Å². The summed E-state index contributed by atoms with van der Waals surface area (Å²) in [6.45, 7) is 4.17. The Hall–Kier alpha value is -3.20. The fraction of sp³-hybridized carbons (Fsp3) is 0.444. The number of pyridine rings is 1. The zero-order valence-electron chi connectivity index (χ0n) is 21.2. The van der Waals surface area contributed by atoms with Gasteiger partial charge in [0.05, 0.1) is 16.9 Å². The Labute approximate surface area is 213 Å². The van der Waals surface area contributed by atoms with E-state index in [1.54, 1.807) is 24.5 Å². The van der Waals surface area contributed by atoms with Crippen LogP contribution in [-0.2, 0) is 22.2 Å². The van der Waals surface area contributed by atoms with Gasteiger partial charge in [-0.3, -0.25) is 13.9 Å². The Morgan fingerprint density at radius 1 is 1.28 bits per heavy atom. The van der Waals surface area contributed by atoms with Gasteiger partial charge in [0, 0.05) is 25.4 Å². The van der Waals surface area contributed by atoms with E-state index >= 15 is 0 Å². The van der Waals surface area contributed by atoms with Gasteiger partial charge in [-0.15, -0.1) is 0 Å². The second kappa shape index (κ2) is 10.8. The highest BCUT2D eigenvalue weighted by Gasteiger charge is 2.33. The molecule has 2 N–H and O–H groups in total. The van der Waals surface area contributed by atoms with E-state index in [-0.39, 0.29) is 11.8 Å². The Bertz CT molecular complexity index is 1300. The predicted octanol–water partition coefficient (Wildman–Crippen LogP) is 4.90. The van der Waals surface area contributed by atoms with Crippen LogP contribution in [0, 0.1) is 5.92 Å². The second-order valence-corrected chi connectivity index (χ2v) is 10.7. The monoisotopic (exact) mass is 511 g/mol. The zero-order chi connectivity index (χ0) is 26.0. The van der Waals surface area contributed by atoms with E-state index in [0.717, 1.165) is 30.4 Å². The van der Waals surface area contributed by atoms with Crippen molar-refractivity contribution in [3.05, 3.63) is 47.0 Å². The number of carbonyl (C=O) groups excluding carboxylic acids is 1. The third-order valence-corrected chi connectivity index (χ3v) is 7.73. The van der Waals surface area contributed by atoms with Crippen LogP contribution in [0.4, 0.5) is 5.82 Å². The number of carbonyl (C=O) groups is 2. The molecular formula is C27H33N3O5S. The highest BCUT2D eigenvalue weighted by atomic mass is 32.2. The molecule has 36 heavy (non-hydrogen) atoms. The van der Waals surface area contributed by atoms with Crippen LogP contribution < -0.4 is 9.62 Å². The number of nitrogens with zero attached hydrogens (tertiary/aromatic N) is 2. The molecule has 0 radical (unpaired) electrons. The van der Waals surface area contributed by atoms with Crippen LogP contribution in [0.5, 0.6) is 0 Å². The number of aryl methyl sites for hydroxylation is 1. The lowest BCUT2D eigenvalue weighted by Crippen LogP contribution is -2.28. The van der Waals surface area contributed by atoms with Crippen molar-refractivity contribution < 1.29 is 23.3 Å². The number of hydrogen-bond acceptors (Lipinski definition) is 5. The fourth-order valence-electron chi connectivity index (χ4n) is 4.39. The molecule has 9 heteroatoms. The standard InChI is InChI=1S/C27H33N3O5S/c1-5-17-8-10-19(11-9-17)23-22(25(31)28-3)21-15-20(18-12-13-18)24(29-26(21)35-23)30(36(4)34)14-6-7-16(2)27(32)33/h8-11,15-16,18H,5-7,12-14H2,1-4H3,(H,28,31)(H,32,33). The molecule has 2 unspecified atom stereocenters. The van der Waals surface area contributed by atoms with Crippen LogP contribution in [-0.4, -0.2) is 46.0 Å². The minimum atomic E-state index is -1.37. The molecule has 4 rings (SSSR count). The molecule has 2 atom stereocenters. The molecule has 1 aliphatic rings. The SMILES string of the molecule is CCc1ccc(-c2oc3nc(N(CCCC(C)C(=O)O)S(C)=O)c(C4CC4)cc3c2C(=O)NC)cc1. The molecule has 1 aromatic carbocycles. The highest BCUT2D eigenvalue weighted by Crippen LogP contribution is 2.46. The summed E-state index contributed by atoms with van der Waals surface area (Å²) in [6.07, 6.45) is 5.55. The normalized spacial score (nSPS) is 15.0. The molecule has 2 aromatic heterocycles. The van der Waals surface area contributed by atoms with Crippen LogP contribution in [0.3, 0.4) is 0 Å². The van der Waals surface area contributed by atoms with Crippen LogP contribution in [0.25, 0.3) is 22.4 Å². The lowest BCUT2D eigenvalue weighted by Gasteiger charge is -2.23. The number of hydrogen-bond donors (Lipinski definition) is 2. The minimum absolute atomic E-state index is 0.252. The van der Waals surface area contributed by atoms with Crippen LogP contribution in [0.15, 0.2) is 34.7 Å². The maximum atomic E-state index is 13.0. The number of fused-ring (bicyclic) bond motifs is 1. The fourth-order valence-corrected chi connectivity index (χ4v) is 5.17. The average molecular weight is 512 g/mol. The average Bonchev–Trinajstić information content (AvgIpc) is 3.65. The Morgan fingerprint density at radius 3 is 2.53 bits per heavy atom. The molecule has 0 saturated heterocycles. The molecule has 0 aliphatic heterocycles. The van der Waals surface area contributed by atoms with E-state index < -0.39 is 22.9 Å². The van der Waals surface area contributed by atoms with Gasteiger partial charge in [-0.2, -0.15) is 4.98 Å². The number of benzene rings is 1. The van der Waals surface area contributed by atoms with E-state index in [4.69, 9.17) is 9.40 Å². The summed E-state index contributed by atoms with van der Waals surface area (Å²) < 4.78 is 20.7. The first-order valence-corrected chi connectivity index (χ1v) is 13.9. The summed E-state index contributed by atoms with van der Waals surface area (Å²) in [7, 11) is 0.224. The number of carboxylic acid groups (broad SMARTS) is 1. The number of carboxylic acids is 1. The first-order valence-electron chi connectivity index (χ1n) is 12.4. The molecule has 1 amide bonds. The summed E-state index contributed by atoms with van der Waals surface area (Å²) in [6, 6.07) is 9.90. The molecule has 1 saturated carbocycles. The molecule has 0 spiro atoms. The summed E-state index contributed by atoms with van der Waals surface area (Å²) in [4.78, 5) is 29.0. The van der Waals surface area contributed by atoms with E-state index in [1.165, 1.54) is 5.56 Å². The molecular weight excluding hydrogens is 478 g/mol. The van der Waals surface area contributed by atoms with E-state index in [1.807, 2.05) is 30.3 Å². The number of nitrogens with one attached hydrogen (secondary N) is 1. The first kappa shape index (κ1) is 25.9. The van der Waals surface area contributed by atoms with Gasteiger partial charge in [0.15, 0.2) is 0 Å². The van der Waals surface area contributed by atoms with E-state index in [2.05, 4.69) is 12.2 Å². The smallest absolute Gasteiger partial charge is 0.306 e. The largest absolute Gasteiger partial charge is 0.481 e. The Kier molecular flexibility index (Phi) is 7.78. The molecule has 192 valence electrons. The lowest BCUT2D eigenvalue weighted by atomic mass is 10.0. The number of aliphatic carboxylic acids is 1. The number of furan rings is 1. The topological polar surface area (TPSA) is 113 Å². The third kappa shape index (κ3) is 5.31. The minimum Gasteiger partial charge on any atom is -0.481 e. The number of rotatable bonds is 11. The van der Waals surface area contributed by atoms with Crippen molar-refractivity contribution >= 4 is 39.8 Å². The Morgan fingerprint density at radius 2 is 1.97 bits per heavy atom. The third-order valence-electron chi connectivity index (χ3n) is 6.75. The van der Waals surface area contributed by atoms with Gasteiger partial charge in [0.2, 0.25) is 5.71 Å². The number of anilines is 1. The summed E-state index contributed by atoms with van der Waals surface area (Å²) >= 11 is 0. The van der Waals surface area contributed by atoms with Crippen LogP contribution in [0.1, 0.15) is 66.9 Å². The molecule has 1 aliphatic carbocycles. The quantitative estimate of drug-likeness (QED) is 0.379. The van der Waals surface area contributed by atoms with Crippen molar-refractivity contribution in [2.24, 2.45) is 5.92 Å². The van der Waals surface area contributed by atoms with Gasteiger partial charge in [-0.25, -0.2) is 4.21 Å². The van der Waals surface area contributed by atoms with E-state index in [9.17, 15) is 18.9 Å². The van der Waals surface area contributed by atoms with Crippen molar-refractivity contribution in [2.45, 2.75) is 51.9 Å². The van der Waals surface area contributed by atoms with Crippen LogP contribution >= 0.6 is 0 Å². The van der Waals surface area contributed by atoms with Crippen molar-refractivity contribution in [2.75, 3.05) is 24.2 Å². The van der Waals surface area contributed by atoms with Crippen LogP contribution in [0.2, 0.25) is 0 Å². The van der Waals surface area contributed by atoms with Crippen molar-refractivity contribution in [1.82, 2.24) is 10.3 Å². The summed E-state index contributed by atoms with van der Waals surface area (Å²) in [5.74, 6) is -0.248. The number of amides is 1. The van der Waals surface area contributed by atoms with Crippen molar-refractivity contribution in [1.29, 1.82) is 0 Å². The maximum Gasteiger partial charge on any atom is 0.306 e. The Balaban J connectivity index is 1.81. The predicted molar refractivity (Wildman–Crippen MR) is 142 cm³/mol. The first-order chi connectivity index (χ1) is 17.2. The zero-order valence-corrected chi connectivity index (χ0v) is 22.0. The van der Waals surface area contributed by atoms with Gasteiger partial charge in [0.25, 0.3) is 5.91 Å².